The van der Waals surface area contributed by atoms with E-state index in [0.29, 0.717) is 11.3 Å². The van der Waals surface area contributed by atoms with E-state index in [4.69, 9.17) is 4.98 Å². The Bertz CT molecular complexity index is 1700. The number of fused-ring (bicyclic) bond motifs is 4. The summed E-state index contributed by atoms with van der Waals surface area (Å²) < 4.78 is 0. The van der Waals surface area contributed by atoms with Gasteiger partial charge in [0, 0.05) is 22.7 Å². The molecule has 0 N–H and O–H groups in total. The van der Waals surface area contributed by atoms with Crippen LogP contribution in [-0.4, -0.2) is 4.98 Å². The van der Waals surface area contributed by atoms with Crippen LogP contribution in [0.5, 0.6) is 0 Å². The summed E-state index contributed by atoms with van der Waals surface area (Å²) in [6, 6.07) is 29.7. The predicted molar refractivity (Wildman–Crippen MR) is 161 cm³/mol. The third-order valence-electron chi connectivity index (χ3n) is 9.04. The molecule has 5 aromatic rings. The highest BCUT2D eigenvalue weighted by molar-refractivity contribution is 6.04. The highest BCUT2D eigenvalue weighted by atomic mass is 14.7. The number of hydrogen-bond donors (Lipinski definition) is 0. The van der Waals surface area contributed by atoms with Gasteiger partial charge in [-0.25, -0.2) is 0 Å². The molecule has 1 fully saturated rings. The fraction of sp³-hybridized carbons (Fsp3) is 0.270. The van der Waals surface area contributed by atoms with Gasteiger partial charge in [0.25, 0.3) is 0 Å². The molecule has 0 saturated heterocycles. The maximum atomic E-state index is 5.21. The van der Waals surface area contributed by atoms with Gasteiger partial charge in [0.1, 0.15) is 0 Å². The summed E-state index contributed by atoms with van der Waals surface area (Å²) in [6.45, 7) is 9.21. The van der Waals surface area contributed by atoms with E-state index in [0.717, 1.165) is 12.1 Å². The van der Waals surface area contributed by atoms with Crippen LogP contribution in [0, 0.1) is 19.3 Å². The van der Waals surface area contributed by atoms with Crippen LogP contribution in [0.25, 0.3) is 44.3 Å². The molecule has 2 aliphatic rings. The molecule has 1 unspecified atom stereocenters. The van der Waals surface area contributed by atoms with Crippen LogP contribution in [0.4, 0.5) is 0 Å². The van der Waals surface area contributed by atoms with Crippen molar-refractivity contribution in [3.63, 3.8) is 0 Å². The molecule has 2 aliphatic carbocycles. The zero-order valence-electron chi connectivity index (χ0n) is 22.9. The van der Waals surface area contributed by atoms with E-state index in [1.807, 2.05) is 0 Å². The molecule has 1 atom stereocenters. The van der Waals surface area contributed by atoms with E-state index in [2.05, 4.69) is 113 Å². The molecule has 0 radical (unpaired) electrons. The van der Waals surface area contributed by atoms with Gasteiger partial charge in [-0.2, -0.15) is 0 Å². The third-order valence-corrected chi connectivity index (χ3v) is 9.04. The molecule has 1 heteroatoms. The molecule has 0 bridgehead atoms. The van der Waals surface area contributed by atoms with Crippen molar-refractivity contribution in [1.82, 2.24) is 4.98 Å². The summed E-state index contributed by atoms with van der Waals surface area (Å²) in [5.74, 6) is 0.634. The second kappa shape index (κ2) is 8.67. The van der Waals surface area contributed by atoms with Gasteiger partial charge < -0.3 is 0 Å². The number of aryl methyl sites for hydroxylation is 2. The van der Waals surface area contributed by atoms with E-state index in [1.54, 1.807) is 0 Å². The molecule has 4 aromatic carbocycles. The van der Waals surface area contributed by atoms with Crippen molar-refractivity contribution in [2.24, 2.45) is 5.41 Å². The van der Waals surface area contributed by atoms with Crippen LogP contribution >= 0.6 is 0 Å². The molecule has 1 aromatic heterocycles. The van der Waals surface area contributed by atoms with Crippen LogP contribution in [0.2, 0.25) is 0 Å². The second-order valence-electron chi connectivity index (χ2n) is 12.5. The molecule has 38 heavy (non-hydrogen) atoms. The number of nitrogens with zero attached hydrogens (tertiary/aromatic N) is 1. The first-order valence-corrected chi connectivity index (χ1v) is 14.1. The average Bonchev–Trinajstić information content (AvgIpc) is 3.47. The van der Waals surface area contributed by atoms with Crippen LogP contribution in [0.3, 0.4) is 0 Å². The van der Waals surface area contributed by atoms with Crippen LogP contribution in [0.15, 0.2) is 85.1 Å². The number of hydrogen-bond acceptors (Lipinski definition) is 1. The Morgan fingerprint density at radius 1 is 0.737 bits per heavy atom. The number of rotatable bonds is 3. The quantitative estimate of drug-likeness (QED) is 0.239. The van der Waals surface area contributed by atoms with Crippen LogP contribution in [0.1, 0.15) is 66.8 Å². The normalized spacial score (nSPS) is 17.5. The van der Waals surface area contributed by atoms with E-state index >= 15 is 0 Å². The minimum atomic E-state index is 0.430. The topological polar surface area (TPSA) is 12.9 Å². The SMILES string of the molecule is Cc1ccc(-c2cnc(-c3cc(C)cc4c3Cc3ccccc3-4)c3ccc(C4CCC(C)(C)C4)cc23)cc1. The first-order valence-electron chi connectivity index (χ1n) is 14.1. The summed E-state index contributed by atoms with van der Waals surface area (Å²) in [6.07, 6.45) is 6.94. The van der Waals surface area contributed by atoms with Gasteiger partial charge in [-0.1, -0.05) is 92.2 Å². The zero-order chi connectivity index (χ0) is 26.0. The lowest BCUT2D eigenvalue weighted by Crippen LogP contribution is -2.04. The first-order chi connectivity index (χ1) is 18.4. The van der Waals surface area contributed by atoms with Crippen molar-refractivity contribution in [2.45, 2.75) is 59.3 Å². The van der Waals surface area contributed by atoms with Crippen molar-refractivity contribution in [3.05, 3.63) is 113 Å². The molecule has 0 spiro atoms. The minimum Gasteiger partial charge on any atom is -0.255 e. The van der Waals surface area contributed by atoms with Gasteiger partial charge in [-0.3, -0.25) is 4.98 Å². The van der Waals surface area contributed by atoms with Crippen molar-refractivity contribution in [1.29, 1.82) is 0 Å². The van der Waals surface area contributed by atoms with E-state index in [1.165, 1.54) is 85.7 Å². The number of pyridine rings is 1. The van der Waals surface area contributed by atoms with Crippen LogP contribution < -0.4 is 0 Å². The van der Waals surface area contributed by atoms with Crippen molar-refractivity contribution >= 4 is 10.8 Å². The number of benzene rings is 4. The van der Waals surface area contributed by atoms with Crippen molar-refractivity contribution < 1.29 is 0 Å². The maximum Gasteiger partial charge on any atom is 0.0783 e. The second-order valence-corrected chi connectivity index (χ2v) is 12.5. The summed E-state index contributed by atoms with van der Waals surface area (Å²) >= 11 is 0. The molecular formula is C37H35N. The number of aromatic nitrogens is 1. The lowest BCUT2D eigenvalue weighted by molar-refractivity contribution is 0.376. The fourth-order valence-electron chi connectivity index (χ4n) is 7.00. The molecular weight excluding hydrogens is 458 g/mol. The van der Waals surface area contributed by atoms with Gasteiger partial charge in [-0.15, -0.1) is 0 Å². The maximum absolute atomic E-state index is 5.21. The minimum absolute atomic E-state index is 0.430. The average molecular weight is 494 g/mol. The molecule has 1 saturated carbocycles. The highest BCUT2D eigenvalue weighted by Gasteiger charge is 2.32. The summed E-state index contributed by atoms with van der Waals surface area (Å²) in [5, 5.41) is 2.58. The Balaban J connectivity index is 1.45. The smallest absolute Gasteiger partial charge is 0.0783 e. The predicted octanol–water partition coefficient (Wildman–Crippen LogP) is 10.1. The summed E-state index contributed by atoms with van der Waals surface area (Å²) in [5.41, 5.74) is 14.9. The Kier molecular flexibility index (Phi) is 5.34. The lowest BCUT2D eigenvalue weighted by Gasteiger charge is -2.19. The molecule has 0 aliphatic heterocycles. The monoisotopic (exact) mass is 493 g/mol. The Labute approximate surface area is 226 Å². The fourth-order valence-corrected chi connectivity index (χ4v) is 7.00. The van der Waals surface area contributed by atoms with Gasteiger partial charge in [0.15, 0.2) is 0 Å². The third kappa shape index (κ3) is 3.88. The van der Waals surface area contributed by atoms with Crippen LogP contribution in [-0.2, 0) is 6.42 Å². The Morgan fingerprint density at radius 3 is 2.32 bits per heavy atom. The van der Waals surface area contributed by atoms with Gasteiger partial charge in [0.2, 0.25) is 0 Å². The molecule has 188 valence electrons. The molecule has 1 nitrogen and oxygen atoms in total. The van der Waals surface area contributed by atoms with Crippen molar-refractivity contribution in [2.75, 3.05) is 0 Å². The lowest BCUT2D eigenvalue weighted by atomic mass is 9.86. The largest absolute Gasteiger partial charge is 0.255 e. The van der Waals surface area contributed by atoms with E-state index < -0.39 is 0 Å². The summed E-state index contributed by atoms with van der Waals surface area (Å²) in [7, 11) is 0. The van der Waals surface area contributed by atoms with Crippen molar-refractivity contribution in [3.8, 4) is 33.5 Å². The molecule has 7 rings (SSSR count). The Morgan fingerprint density at radius 2 is 1.53 bits per heavy atom. The van der Waals surface area contributed by atoms with E-state index in [-0.39, 0.29) is 0 Å². The first kappa shape index (κ1) is 23.4. The summed E-state index contributed by atoms with van der Waals surface area (Å²) in [4.78, 5) is 5.21. The van der Waals surface area contributed by atoms with Gasteiger partial charge in [0.05, 0.1) is 5.69 Å². The van der Waals surface area contributed by atoms with Gasteiger partial charge in [-0.05, 0) is 101 Å². The Hall–Kier alpha value is -3.71. The highest BCUT2D eigenvalue weighted by Crippen LogP contribution is 2.48. The van der Waals surface area contributed by atoms with E-state index in [9.17, 15) is 0 Å². The zero-order valence-corrected chi connectivity index (χ0v) is 22.9. The standard InChI is InChI=1S/C37H35N/c1-23-9-11-25(12-10-23)35-22-38-36(30-14-13-26(19-32(30)35)28-15-16-37(3,4)21-28)34-18-24(2)17-31-29-8-6-5-7-27(29)20-33(31)34/h5-14,17-19,22,28H,15-16,20-21H2,1-4H3. The van der Waals surface area contributed by atoms with Gasteiger partial charge >= 0.3 is 0 Å². The molecule has 1 heterocycles. The molecule has 0 amide bonds.